The third kappa shape index (κ3) is 3.92. The van der Waals surface area contributed by atoms with Crippen molar-refractivity contribution in [2.24, 2.45) is 0 Å². The minimum Gasteiger partial charge on any atom is -0.508 e. The van der Waals surface area contributed by atoms with Crippen molar-refractivity contribution in [1.82, 2.24) is 0 Å². The molecule has 0 aromatic heterocycles. The van der Waals surface area contributed by atoms with E-state index in [1.54, 1.807) is 31.4 Å². The monoisotopic (exact) mass is 457 g/mol. The van der Waals surface area contributed by atoms with Crippen molar-refractivity contribution in [2.45, 2.75) is 33.7 Å². The van der Waals surface area contributed by atoms with Gasteiger partial charge >= 0.3 is 0 Å². The van der Waals surface area contributed by atoms with Crippen LogP contribution in [0, 0.1) is 27.7 Å². The number of aryl methyl sites for hydroxylation is 4. The molecule has 0 spiro atoms. The van der Waals surface area contributed by atoms with Crippen LogP contribution < -0.4 is 9.64 Å². The highest BCUT2D eigenvalue weighted by atomic mass is 16.5. The first-order valence-electron chi connectivity index (χ1n) is 11.0. The lowest BCUT2D eigenvalue weighted by atomic mass is 9.93. The Kier molecular flexibility index (Phi) is 5.92. The Morgan fingerprint density at radius 1 is 0.882 bits per heavy atom. The number of Topliss-reactive ketones (excluding diaryl/α,β-unsaturated/α-hetero) is 1. The highest BCUT2D eigenvalue weighted by molar-refractivity contribution is 6.51. The topological polar surface area (TPSA) is 87.1 Å². The van der Waals surface area contributed by atoms with Gasteiger partial charge in [-0.3, -0.25) is 14.5 Å². The zero-order valence-corrected chi connectivity index (χ0v) is 19.8. The van der Waals surface area contributed by atoms with Gasteiger partial charge < -0.3 is 14.9 Å². The molecular weight excluding hydrogens is 430 g/mol. The number of benzene rings is 3. The average Bonchev–Trinajstić information content (AvgIpc) is 3.05. The minimum absolute atomic E-state index is 0.00233. The lowest BCUT2D eigenvalue weighted by molar-refractivity contribution is -0.132. The van der Waals surface area contributed by atoms with E-state index in [4.69, 9.17) is 4.74 Å². The number of hydrogen-bond donors (Lipinski definition) is 2. The van der Waals surface area contributed by atoms with E-state index in [2.05, 4.69) is 0 Å². The predicted molar refractivity (Wildman–Crippen MR) is 131 cm³/mol. The van der Waals surface area contributed by atoms with Crippen LogP contribution in [0.5, 0.6) is 11.5 Å². The summed E-state index contributed by atoms with van der Waals surface area (Å²) in [6.45, 7) is 7.51. The molecule has 1 amide bonds. The Morgan fingerprint density at radius 2 is 1.50 bits per heavy atom. The van der Waals surface area contributed by atoms with E-state index in [1.165, 1.54) is 17.0 Å². The molecule has 6 heteroatoms. The van der Waals surface area contributed by atoms with Gasteiger partial charge in [0.15, 0.2) is 0 Å². The molecule has 3 aromatic rings. The maximum Gasteiger partial charge on any atom is 0.300 e. The van der Waals surface area contributed by atoms with Gasteiger partial charge in [0.25, 0.3) is 11.7 Å². The molecule has 3 aromatic carbocycles. The van der Waals surface area contributed by atoms with Gasteiger partial charge in [0.1, 0.15) is 17.3 Å². The summed E-state index contributed by atoms with van der Waals surface area (Å²) in [5.41, 5.74) is 5.02. The van der Waals surface area contributed by atoms with Gasteiger partial charge in [-0.1, -0.05) is 18.2 Å². The fourth-order valence-electron chi connectivity index (χ4n) is 4.57. The van der Waals surface area contributed by atoms with Crippen LogP contribution in [0.3, 0.4) is 0 Å². The van der Waals surface area contributed by atoms with Gasteiger partial charge in [-0.05, 0) is 91.9 Å². The quantitative estimate of drug-likeness (QED) is 0.317. The van der Waals surface area contributed by atoms with Gasteiger partial charge in [0.05, 0.1) is 18.7 Å². The van der Waals surface area contributed by atoms with Gasteiger partial charge in [0.2, 0.25) is 0 Å². The number of carbonyl (C=O) groups is 2. The Morgan fingerprint density at radius 3 is 2.09 bits per heavy atom. The first kappa shape index (κ1) is 23.1. The van der Waals surface area contributed by atoms with Gasteiger partial charge in [-0.25, -0.2) is 0 Å². The molecule has 0 aliphatic carbocycles. The average molecular weight is 458 g/mol. The van der Waals surface area contributed by atoms with E-state index >= 15 is 0 Å². The smallest absolute Gasteiger partial charge is 0.300 e. The molecule has 6 nitrogen and oxygen atoms in total. The number of ketones is 1. The number of aliphatic hydroxyl groups is 1. The normalized spacial score (nSPS) is 17.3. The fourth-order valence-corrected chi connectivity index (χ4v) is 4.57. The third-order valence-electron chi connectivity index (χ3n) is 6.13. The van der Waals surface area contributed by atoms with Crippen LogP contribution in [-0.4, -0.2) is 29.0 Å². The molecule has 0 bridgehead atoms. The number of anilines is 1. The van der Waals surface area contributed by atoms with E-state index in [9.17, 15) is 19.8 Å². The Balaban J connectivity index is 1.99. The molecule has 1 unspecified atom stereocenters. The van der Waals surface area contributed by atoms with E-state index in [0.717, 1.165) is 16.7 Å². The highest BCUT2D eigenvalue weighted by Crippen LogP contribution is 2.43. The first-order valence-corrected chi connectivity index (χ1v) is 11.0. The Hall–Kier alpha value is -4.06. The van der Waals surface area contributed by atoms with Crippen molar-refractivity contribution in [3.05, 3.63) is 93.6 Å². The van der Waals surface area contributed by atoms with Crippen molar-refractivity contribution >= 4 is 23.1 Å². The molecule has 0 saturated carbocycles. The Labute approximate surface area is 198 Å². The molecule has 2 N–H and O–H groups in total. The molecule has 4 rings (SSSR count). The van der Waals surface area contributed by atoms with Crippen LogP contribution in [0.1, 0.15) is 39.4 Å². The molecule has 1 atom stereocenters. The lowest BCUT2D eigenvalue weighted by Crippen LogP contribution is -2.29. The summed E-state index contributed by atoms with van der Waals surface area (Å²) in [5.74, 6) is -0.991. The SMILES string of the molecule is COc1cc(C)c(/C(O)=C2\C(=O)C(=O)N(c3cc(C)cc(C)c3)C2c2ccc(O)cc2)cc1C. The summed E-state index contributed by atoms with van der Waals surface area (Å²) in [6, 6.07) is 14.7. The summed E-state index contributed by atoms with van der Waals surface area (Å²) in [5, 5.41) is 21.2. The van der Waals surface area contributed by atoms with Crippen LogP contribution in [-0.2, 0) is 9.59 Å². The van der Waals surface area contributed by atoms with Crippen molar-refractivity contribution in [3.63, 3.8) is 0 Å². The van der Waals surface area contributed by atoms with Crippen LogP contribution in [0.15, 0.2) is 60.2 Å². The third-order valence-corrected chi connectivity index (χ3v) is 6.13. The van der Waals surface area contributed by atoms with Gasteiger partial charge in [0, 0.05) is 11.3 Å². The number of nitrogens with zero attached hydrogens (tertiary/aromatic N) is 1. The van der Waals surface area contributed by atoms with E-state index in [1.807, 2.05) is 45.9 Å². The molecule has 1 saturated heterocycles. The molecule has 0 radical (unpaired) electrons. The predicted octanol–water partition coefficient (Wildman–Crippen LogP) is 5.26. The molecule has 1 aliphatic heterocycles. The minimum atomic E-state index is -0.858. The number of rotatable bonds is 4. The summed E-state index contributed by atoms with van der Waals surface area (Å²) >= 11 is 0. The number of amides is 1. The molecule has 34 heavy (non-hydrogen) atoms. The van der Waals surface area contributed by atoms with E-state index < -0.39 is 17.7 Å². The molecular formula is C28H27NO5. The largest absolute Gasteiger partial charge is 0.508 e. The van der Waals surface area contributed by atoms with E-state index in [0.29, 0.717) is 28.1 Å². The maximum absolute atomic E-state index is 13.4. The zero-order chi connectivity index (χ0) is 24.7. The van der Waals surface area contributed by atoms with Crippen molar-refractivity contribution < 1.29 is 24.5 Å². The number of carbonyl (C=O) groups excluding carboxylic acids is 2. The van der Waals surface area contributed by atoms with Gasteiger partial charge in [-0.15, -0.1) is 0 Å². The Bertz CT molecular complexity index is 1320. The zero-order valence-electron chi connectivity index (χ0n) is 19.8. The highest BCUT2D eigenvalue weighted by Gasteiger charge is 2.47. The number of hydrogen-bond acceptors (Lipinski definition) is 5. The van der Waals surface area contributed by atoms with Crippen LogP contribution in [0.4, 0.5) is 5.69 Å². The summed E-state index contributed by atoms with van der Waals surface area (Å²) in [4.78, 5) is 28.1. The van der Waals surface area contributed by atoms with Crippen LogP contribution in [0.2, 0.25) is 0 Å². The van der Waals surface area contributed by atoms with Crippen molar-refractivity contribution in [2.75, 3.05) is 12.0 Å². The van der Waals surface area contributed by atoms with Crippen LogP contribution in [0.25, 0.3) is 5.76 Å². The van der Waals surface area contributed by atoms with Crippen LogP contribution >= 0.6 is 0 Å². The molecule has 1 aliphatic rings. The first-order chi connectivity index (χ1) is 16.1. The molecule has 1 fully saturated rings. The number of methoxy groups -OCH3 is 1. The van der Waals surface area contributed by atoms with Crippen molar-refractivity contribution in [3.8, 4) is 11.5 Å². The standard InChI is InChI=1S/C28H27NO5/c1-15-10-16(2)12-20(11-15)29-25(19-6-8-21(30)9-7-19)24(27(32)28(29)33)26(31)22-13-18(4)23(34-5)14-17(22)3/h6-14,25,30-31H,1-5H3/b26-24+. The van der Waals surface area contributed by atoms with Crippen molar-refractivity contribution in [1.29, 1.82) is 0 Å². The fraction of sp³-hybridized carbons (Fsp3) is 0.214. The number of ether oxygens (including phenoxy) is 1. The number of aliphatic hydroxyl groups excluding tert-OH is 1. The lowest BCUT2D eigenvalue weighted by Gasteiger charge is -2.26. The molecule has 1 heterocycles. The number of aromatic hydroxyl groups is 1. The second-order valence-corrected chi connectivity index (χ2v) is 8.74. The van der Waals surface area contributed by atoms with Gasteiger partial charge in [-0.2, -0.15) is 0 Å². The number of phenols is 1. The molecule has 174 valence electrons. The summed E-state index contributed by atoms with van der Waals surface area (Å²) < 4.78 is 5.37. The van der Waals surface area contributed by atoms with E-state index in [-0.39, 0.29) is 17.1 Å². The summed E-state index contributed by atoms with van der Waals surface area (Å²) in [7, 11) is 1.57. The second-order valence-electron chi connectivity index (χ2n) is 8.74. The maximum atomic E-state index is 13.4. The summed E-state index contributed by atoms with van der Waals surface area (Å²) in [6.07, 6.45) is 0. The second kappa shape index (κ2) is 8.71. The number of phenolic OH excluding ortho intramolecular Hbond substituents is 1.